The Hall–Kier alpha value is -5.27. The van der Waals surface area contributed by atoms with Gasteiger partial charge in [-0.05, 0) is 101 Å². The molecule has 7 rings (SSSR count). The minimum absolute atomic E-state index is 0.00456. The number of carbonyl (C=O) groups is 4. The molecule has 1 aromatic carbocycles. The number of benzene rings is 1. The number of nitro groups is 1. The van der Waals surface area contributed by atoms with Crippen LogP contribution in [0.25, 0.3) is 11.3 Å². The van der Waals surface area contributed by atoms with E-state index < -0.39 is 92.3 Å². The zero-order valence-corrected chi connectivity index (χ0v) is 45.1. The lowest BCUT2D eigenvalue weighted by Crippen LogP contribution is -2.60. The van der Waals surface area contributed by atoms with Crippen molar-refractivity contribution in [3.05, 3.63) is 88.9 Å². The van der Waals surface area contributed by atoms with Gasteiger partial charge in [0.25, 0.3) is 5.69 Å². The summed E-state index contributed by atoms with van der Waals surface area (Å²) in [7, 11) is 3.36. The Balaban J connectivity index is 1.06. The lowest BCUT2D eigenvalue weighted by molar-refractivity contribution is -0.384. The third-order valence-electron chi connectivity index (χ3n) is 14.9. The largest absolute Gasteiger partial charge is 0.447 e. The molecule has 6 heterocycles. The summed E-state index contributed by atoms with van der Waals surface area (Å²) in [5, 5.41) is 31.7. The topological polar surface area (TPSA) is 246 Å². The van der Waals surface area contributed by atoms with E-state index in [1.54, 1.807) is 75.1 Å². The number of non-ortho nitro benzene ring substituents is 1. The number of rotatable bonds is 16. The second kappa shape index (κ2) is 23.5. The highest BCUT2D eigenvalue weighted by atomic mass is 127. The fourth-order valence-electron chi connectivity index (χ4n) is 10.7. The van der Waals surface area contributed by atoms with Gasteiger partial charge in [0.15, 0.2) is 21.8 Å². The molecule has 0 aliphatic carbocycles. The van der Waals surface area contributed by atoms with Crippen LogP contribution in [-0.2, 0) is 57.6 Å². The van der Waals surface area contributed by atoms with Crippen LogP contribution in [0.5, 0.6) is 0 Å². The Kier molecular flexibility index (Phi) is 17.9. The maximum Gasteiger partial charge on any atom is 0.410 e. The Morgan fingerprint density at radius 2 is 1.73 bits per heavy atom. The monoisotopic (exact) mass is 1130 g/mol. The molecule has 1 amide bonds. The van der Waals surface area contributed by atoms with E-state index in [0.717, 1.165) is 16.8 Å². The van der Waals surface area contributed by atoms with Crippen LogP contribution >= 0.6 is 22.6 Å². The average molecular weight is 1130 g/mol. The van der Waals surface area contributed by atoms with Crippen molar-refractivity contribution in [1.82, 2.24) is 39.3 Å². The van der Waals surface area contributed by atoms with Gasteiger partial charge in [-0.2, -0.15) is 0 Å². The van der Waals surface area contributed by atoms with E-state index in [9.17, 15) is 34.4 Å². The smallest absolute Gasteiger partial charge is 0.410 e. The van der Waals surface area contributed by atoms with E-state index >= 15 is 0 Å². The molecule has 0 bridgehead atoms. The van der Waals surface area contributed by atoms with Crippen LogP contribution in [0, 0.1) is 33.8 Å². The highest BCUT2D eigenvalue weighted by Gasteiger charge is 2.60. The number of fused-ring (bicyclic) bond motifs is 1. The van der Waals surface area contributed by atoms with Crippen LogP contribution in [0.3, 0.4) is 0 Å². The zero-order chi connectivity index (χ0) is 52.9. The summed E-state index contributed by atoms with van der Waals surface area (Å²) in [5.74, 6) is -5.39. The van der Waals surface area contributed by atoms with E-state index in [-0.39, 0.29) is 30.5 Å². The number of methoxy groups -OCH3 is 1. The number of nitrogens with zero attached hydrogens (tertiary/aromatic N) is 9. The lowest BCUT2D eigenvalue weighted by atomic mass is 9.74. The molecule has 0 radical (unpaired) electrons. The number of Topliss-reactive ketones (excluding diaryl/α,β-unsaturated/α-hetero) is 2. The number of likely N-dealkylation sites (N-methyl/N-ethyl adjacent to an activating group) is 1. The normalized spacial score (nSPS) is 31.5. The summed E-state index contributed by atoms with van der Waals surface area (Å²) in [6, 6.07) is 8.74. The van der Waals surface area contributed by atoms with Crippen LogP contribution in [-0.4, -0.2) is 152 Å². The van der Waals surface area contributed by atoms with Crippen molar-refractivity contribution >= 4 is 51.9 Å². The number of carbonyl (C=O) groups excluding carboxylic acids is 4. The maximum atomic E-state index is 14.9. The Labute approximate surface area is 438 Å². The van der Waals surface area contributed by atoms with Gasteiger partial charge >= 0.3 is 12.1 Å². The van der Waals surface area contributed by atoms with Crippen molar-refractivity contribution in [2.24, 2.45) is 23.7 Å². The van der Waals surface area contributed by atoms with Crippen LogP contribution in [0.1, 0.15) is 85.4 Å². The fraction of sp³-hybridized carbons (Fsp3) is 0.608. The molecule has 0 unspecified atom stereocenters. The molecule has 3 aliphatic heterocycles. The molecular weight excluding hydrogens is 1060 g/mol. The van der Waals surface area contributed by atoms with E-state index in [4.69, 9.17) is 23.7 Å². The molecule has 13 atom stereocenters. The van der Waals surface area contributed by atoms with Crippen LogP contribution < -0.4 is 0 Å². The van der Waals surface area contributed by atoms with Gasteiger partial charge < -0.3 is 43.2 Å². The van der Waals surface area contributed by atoms with Crippen molar-refractivity contribution < 1.29 is 52.9 Å². The molecule has 73 heavy (non-hydrogen) atoms. The number of aryl methyl sites for hydroxylation is 1. The maximum absolute atomic E-state index is 14.9. The highest BCUT2D eigenvalue weighted by Crippen LogP contribution is 2.44. The van der Waals surface area contributed by atoms with Crippen LogP contribution in [0.15, 0.2) is 67.5 Å². The summed E-state index contributed by atoms with van der Waals surface area (Å²) in [4.78, 5) is 80.2. The van der Waals surface area contributed by atoms with Gasteiger partial charge in [-0.3, -0.25) is 29.5 Å². The van der Waals surface area contributed by atoms with Gasteiger partial charge in [0, 0.05) is 99.4 Å². The number of esters is 1. The number of ether oxygens (including phenoxy) is 5. The Morgan fingerprint density at radius 1 is 1.00 bits per heavy atom. The van der Waals surface area contributed by atoms with Gasteiger partial charge in [-0.25, -0.2) is 14.5 Å². The molecule has 0 saturated carbocycles. The number of imidazole rings is 1. The first-order chi connectivity index (χ1) is 34.6. The molecule has 3 aliphatic rings. The molecule has 3 fully saturated rings. The number of alkyl halides is 1. The van der Waals surface area contributed by atoms with Crippen LogP contribution in [0.2, 0.25) is 0 Å². The molecular formula is C51H68IN9O12. The third kappa shape index (κ3) is 12.5. The first kappa shape index (κ1) is 55.5. The zero-order valence-electron chi connectivity index (χ0n) is 42.9. The number of aliphatic hydroxyl groups is 1. The summed E-state index contributed by atoms with van der Waals surface area (Å²) in [5.41, 5.74) is 0.412. The van der Waals surface area contributed by atoms with Gasteiger partial charge in [0.05, 0.1) is 53.0 Å². The summed E-state index contributed by atoms with van der Waals surface area (Å²) in [6.45, 7) is 13.7. The summed E-state index contributed by atoms with van der Waals surface area (Å²) >= 11 is 1.92. The number of hydrogen-bond acceptors (Lipinski definition) is 17. The third-order valence-corrected chi connectivity index (χ3v) is 16.4. The second-order valence-electron chi connectivity index (χ2n) is 20.3. The number of pyridine rings is 1. The molecule has 21 nitrogen and oxygen atoms in total. The number of aliphatic hydroxyl groups excluding tert-OH is 1. The van der Waals surface area contributed by atoms with Gasteiger partial charge in [-0.1, -0.05) is 38.1 Å². The van der Waals surface area contributed by atoms with Crippen molar-refractivity contribution in [3.63, 3.8) is 0 Å². The van der Waals surface area contributed by atoms with Gasteiger partial charge in [0.1, 0.15) is 17.8 Å². The number of halogens is 1. The van der Waals surface area contributed by atoms with Crippen LogP contribution in [0.4, 0.5) is 10.5 Å². The van der Waals surface area contributed by atoms with Crippen molar-refractivity contribution in [1.29, 1.82) is 0 Å². The van der Waals surface area contributed by atoms with E-state index in [0.29, 0.717) is 51.0 Å². The molecule has 3 aromatic heterocycles. The first-order valence-electron chi connectivity index (χ1n) is 24.8. The van der Waals surface area contributed by atoms with E-state index in [1.807, 2.05) is 70.6 Å². The molecule has 3 saturated heterocycles. The van der Waals surface area contributed by atoms with Crippen molar-refractivity contribution in [2.45, 2.75) is 146 Å². The standard InChI is InChI=1S/C51H68IN9O12/c1-30-24-50(6,69-9)45(71-47-43(64)40(23-31(2)70-47)57(8)22-18-37-27-59(56-55-37)26-35-14-16-38(17-15-35)61(67)68)33(4)42(63)34(5)46(65)72-48(52)51(7)44(32(3)41(30)62)60(49(66)73-51)21-11-10-20-58-28-39(54-29-58)36-13-12-19-53-25-36/h12-17,19,25,27-34,40,43-45,47-48,64H,10-11,18,20-24,26H2,1-9H3/t30-,31-,32+,33+,34-,40+,43-,44-,45-,47+,48+,50-,51+/m1/s1. The second-order valence-corrected chi connectivity index (χ2v) is 21.5. The van der Waals surface area contributed by atoms with E-state index in [1.165, 1.54) is 26.2 Å². The minimum atomic E-state index is -1.47. The number of unbranched alkanes of at least 4 members (excludes halogenated alkanes) is 1. The molecule has 396 valence electrons. The molecule has 4 aromatic rings. The number of cyclic esters (lactones) is 1. The number of aromatic nitrogens is 6. The number of amides is 1. The minimum Gasteiger partial charge on any atom is -0.447 e. The van der Waals surface area contributed by atoms with Crippen molar-refractivity contribution in [2.75, 3.05) is 27.2 Å². The van der Waals surface area contributed by atoms with Crippen molar-refractivity contribution in [3.8, 4) is 11.3 Å². The fourth-order valence-corrected chi connectivity index (χ4v) is 11.4. The van der Waals surface area contributed by atoms with Gasteiger partial charge in [-0.15, -0.1) is 5.10 Å². The quantitative estimate of drug-likeness (QED) is 0.0254. The molecule has 0 spiro atoms. The summed E-state index contributed by atoms with van der Waals surface area (Å²) < 4.78 is 34.0. The van der Waals surface area contributed by atoms with Gasteiger partial charge in [0.2, 0.25) is 0 Å². The number of nitro benzene ring substituents is 1. The number of ketones is 2. The highest BCUT2D eigenvalue weighted by molar-refractivity contribution is 14.1. The lowest BCUT2D eigenvalue weighted by Gasteiger charge is -2.47. The Morgan fingerprint density at radius 3 is 2.41 bits per heavy atom. The average Bonchev–Trinajstić information content (AvgIpc) is 4.11. The first-order valence-corrected chi connectivity index (χ1v) is 26.1. The Bertz CT molecular complexity index is 2570. The molecule has 22 heteroatoms. The molecule has 1 N–H and O–H groups in total. The predicted molar refractivity (Wildman–Crippen MR) is 273 cm³/mol. The van der Waals surface area contributed by atoms with E-state index in [2.05, 4.69) is 20.3 Å². The number of hydrogen-bond donors (Lipinski definition) is 1. The summed E-state index contributed by atoms with van der Waals surface area (Å²) in [6.07, 6.45) is 6.61. The predicted octanol–water partition coefficient (Wildman–Crippen LogP) is 6.07. The SMILES string of the molecule is CO[C@]1(C)C[C@@H](C)C(=O)[C@H](C)[C@H]2N(CCCCn3cnc(-c4cccnc4)c3)C(=O)O[C@]2(C)[C@@H](I)OC(=O)[C@H](C)C(=O)[C@H](C)[C@H]1O[C@@H]1O[C@H](C)C[C@H](N(C)CCc2cn(Cc3ccc([N+](=O)[O-])cc3)nn2)[C@H]1O.